The fourth-order valence-electron chi connectivity index (χ4n) is 2.44. The van der Waals surface area contributed by atoms with Crippen LogP contribution >= 0.6 is 0 Å². The minimum atomic E-state index is 0.737. The van der Waals surface area contributed by atoms with Crippen LogP contribution in [0.4, 0.5) is 5.69 Å². The second kappa shape index (κ2) is 5.35. The maximum atomic E-state index is 5.66. The number of anilines is 1. The van der Waals surface area contributed by atoms with E-state index in [1.807, 2.05) is 0 Å². The van der Waals surface area contributed by atoms with Crippen molar-refractivity contribution in [3.63, 3.8) is 0 Å². The maximum absolute atomic E-state index is 5.66. The van der Waals surface area contributed by atoms with Crippen molar-refractivity contribution in [3.8, 4) is 0 Å². The van der Waals surface area contributed by atoms with Gasteiger partial charge < -0.3 is 10.6 Å². The van der Waals surface area contributed by atoms with Crippen LogP contribution in [0.25, 0.3) is 0 Å². The highest BCUT2D eigenvalue weighted by Gasteiger charge is 2.17. The Morgan fingerprint density at radius 1 is 1.25 bits per heavy atom. The van der Waals surface area contributed by atoms with E-state index in [9.17, 15) is 0 Å². The molecule has 2 nitrogen and oxygen atoms in total. The molecule has 0 aliphatic carbocycles. The van der Waals surface area contributed by atoms with E-state index >= 15 is 0 Å². The minimum absolute atomic E-state index is 0.737. The Labute approximate surface area is 98.4 Å². The molecule has 1 aromatic rings. The van der Waals surface area contributed by atoms with Crippen LogP contribution in [0.1, 0.15) is 25.3 Å². The first-order chi connectivity index (χ1) is 7.81. The topological polar surface area (TPSA) is 29.3 Å². The Bertz CT molecular complexity index is 327. The van der Waals surface area contributed by atoms with Crippen LogP contribution in [0.15, 0.2) is 24.3 Å². The molecule has 16 heavy (non-hydrogen) atoms. The lowest BCUT2D eigenvalue weighted by Crippen LogP contribution is -2.33. The fourth-order valence-corrected chi connectivity index (χ4v) is 2.44. The number of benzene rings is 1. The van der Waals surface area contributed by atoms with Crippen LogP contribution in [0.2, 0.25) is 0 Å². The molecular weight excluding hydrogens is 196 g/mol. The maximum Gasteiger partial charge on any atom is 0.0399 e. The summed E-state index contributed by atoms with van der Waals surface area (Å²) in [4.78, 5) is 2.52. The van der Waals surface area contributed by atoms with Gasteiger partial charge in [0.2, 0.25) is 0 Å². The van der Waals surface area contributed by atoms with Gasteiger partial charge >= 0.3 is 0 Å². The Morgan fingerprint density at radius 2 is 1.94 bits per heavy atom. The molecule has 0 amide bonds. The van der Waals surface area contributed by atoms with Gasteiger partial charge in [-0.05, 0) is 43.4 Å². The van der Waals surface area contributed by atoms with Crippen LogP contribution in [0, 0.1) is 5.92 Å². The monoisotopic (exact) mass is 218 g/mol. The SMILES string of the molecule is CC1CCN(c2ccccc2CCN)CC1. The number of para-hydroxylation sites is 1. The van der Waals surface area contributed by atoms with Crippen molar-refractivity contribution < 1.29 is 0 Å². The first-order valence-electron chi connectivity index (χ1n) is 6.34. The van der Waals surface area contributed by atoms with Crippen molar-refractivity contribution >= 4 is 5.69 Å². The van der Waals surface area contributed by atoms with Crippen molar-refractivity contribution in [1.29, 1.82) is 0 Å². The molecule has 0 atom stereocenters. The van der Waals surface area contributed by atoms with E-state index in [2.05, 4.69) is 36.1 Å². The summed E-state index contributed by atoms with van der Waals surface area (Å²) in [5, 5.41) is 0. The van der Waals surface area contributed by atoms with Crippen LogP contribution in [0.5, 0.6) is 0 Å². The van der Waals surface area contributed by atoms with Crippen molar-refractivity contribution in [2.24, 2.45) is 11.7 Å². The summed E-state index contributed by atoms with van der Waals surface area (Å²) >= 11 is 0. The van der Waals surface area contributed by atoms with E-state index in [-0.39, 0.29) is 0 Å². The standard InChI is InChI=1S/C14H22N2/c1-12-7-10-16(11-8-12)14-5-3-2-4-13(14)6-9-15/h2-5,12H,6-11,15H2,1H3. The zero-order chi connectivity index (χ0) is 11.4. The van der Waals surface area contributed by atoms with Crippen molar-refractivity contribution in [1.82, 2.24) is 0 Å². The number of hydrogen-bond acceptors (Lipinski definition) is 2. The normalized spacial score (nSPS) is 17.8. The molecule has 0 unspecified atom stereocenters. The summed E-state index contributed by atoms with van der Waals surface area (Å²) in [6, 6.07) is 8.69. The highest BCUT2D eigenvalue weighted by molar-refractivity contribution is 5.54. The van der Waals surface area contributed by atoms with E-state index in [0.717, 1.165) is 18.9 Å². The van der Waals surface area contributed by atoms with Crippen molar-refractivity contribution in [3.05, 3.63) is 29.8 Å². The van der Waals surface area contributed by atoms with Gasteiger partial charge in [-0.25, -0.2) is 0 Å². The predicted molar refractivity (Wildman–Crippen MR) is 69.8 cm³/mol. The predicted octanol–water partition coefficient (Wildman–Crippen LogP) is 2.42. The van der Waals surface area contributed by atoms with Gasteiger partial charge in [0.1, 0.15) is 0 Å². The molecule has 1 aliphatic heterocycles. The smallest absolute Gasteiger partial charge is 0.0399 e. The Balaban J connectivity index is 2.13. The number of nitrogens with zero attached hydrogens (tertiary/aromatic N) is 1. The zero-order valence-electron chi connectivity index (χ0n) is 10.2. The van der Waals surface area contributed by atoms with E-state index in [4.69, 9.17) is 5.73 Å². The molecule has 2 N–H and O–H groups in total. The quantitative estimate of drug-likeness (QED) is 0.844. The van der Waals surface area contributed by atoms with E-state index in [0.29, 0.717) is 0 Å². The first kappa shape index (κ1) is 11.5. The Morgan fingerprint density at radius 3 is 2.62 bits per heavy atom. The number of rotatable bonds is 3. The molecule has 1 aliphatic rings. The first-order valence-corrected chi connectivity index (χ1v) is 6.34. The molecular formula is C14H22N2. The highest BCUT2D eigenvalue weighted by Crippen LogP contribution is 2.26. The molecule has 0 saturated carbocycles. The zero-order valence-corrected chi connectivity index (χ0v) is 10.2. The second-order valence-electron chi connectivity index (χ2n) is 4.84. The Kier molecular flexibility index (Phi) is 3.83. The Hall–Kier alpha value is -1.02. The van der Waals surface area contributed by atoms with E-state index in [1.54, 1.807) is 0 Å². The average Bonchev–Trinajstić information content (AvgIpc) is 2.32. The second-order valence-corrected chi connectivity index (χ2v) is 4.84. The minimum Gasteiger partial charge on any atom is -0.371 e. The van der Waals surface area contributed by atoms with Crippen LogP contribution in [0.3, 0.4) is 0 Å². The summed E-state index contributed by atoms with van der Waals surface area (Å²) in [6.45, 7) is 5.48. The van der Waals surface area contributed by atoms with Gasteiger partial charge in [0.15, 0.2) is 0 Å². The van der Waals surface area contributed by atoms with Crippen LogP contribution < -0.4 is 10.6 Å². The third-order valence-corrected chi connectivity index (χ3v) is 3.53. The molecule has 1 fully saturated rings. The van der Waals surface area contributed by atoms with Gasteiger partial charge in [-0.3, -0.25) is 0 Å². The van der Waals surface area contributed by atoms with Gasteiger partial charge in [-0.15, -0.1) is 0 Å². The molecule has 1 saturated heterocycles. The summed E-state index contributed by atoms with van der Waals surface area (Å²) in [5.41, 5.74) is 8.47. The molecule has 1 aromatic carbocycles. The van der Waals surface area contributed by atoms with E-state index in [1.165, 1.54) is 37.2 Å². The van der Waals surface area contributed by atoms with Crippen LogP contribution in [-0.4, -0.2) is 19.6 Å². The molecule has 88 valence electrons. The number of nitrogens with two attached hydrogens (primary N) is 1. The largest absolute Gasteiger partial charge is 0.371 e. The summed E-state index contributed by atoms with van der Waals surface area (Å²) in [6.07, 6.45) is 3.62. The molecule has 2 heteroatoms. The molecule has 0 bridgehead atoms. The lowest BCUT2D eigenvalue weighted by molar-refractivity contribution is 0.438. The van der Waals surface area contributed by atoms with Crippen molar-refractivity contribution in [2.45, 2.75) is 26.2 Å². The van der Waals surface area contributed by atoms with Crippen molar-refractivity contribution in [2.75, 3.05) is 24.5 Å². The van der Waals surface area contributed by atoms with Gasteiger partial charge in [-0.2, -0.15) is 0 Å². The van der Waals surface area contributed by atoms with Gasteiger partial charge in [0.05, 0.1) is 0 Å². The van der Waals surface area contributed by atoms with Gasteiger partial charge in [0, 0.05) is 18.8 Å². The van der Waals surface area contributed by atoms with E-state index < -0.39 is 0 Å². The summed E-state index contributed by atoms with van der Waals surface area (Å²) in [7, 11) is 0. The third-order valence-electron chi connectivity index (χ3n) is 3.53. The average molecular weight is 218 g/mol. The van der Waals surface area contributed by atoms with Gasteiger partial charge in [0.25, 0.3) is 0 Å². The lowest BCUT2D eigenvalue weighted by Gasteiger charge is -2.33. The molecule has 1 heterocycles. The third kappa shape index (κ3) is 2.56. The number of hydrogen-bond donors (Lipinski definition) is 1. The lowest BCUT2D eigenvalue weighted by atomic mass is 9.97. The number of piperidine rings is 1. The molecule has 0 radical (unpaired) electrons. The summed E-state index contributed by atoms with van der Waals surface area (Å²) in [5.74, 6) is 0.887. The fraction of sp³-hybridized carbons (Fsp3) is 0.571. The van der Waals surface area contributed by atoms with Gasteiger partial charge in [-0.1, -0.05) is 25.1 Å². The summed E-state index contributed by atoms with van der Waals surface area (Å²) < 4.78 is 0. The van der Waals surface area contributed by atoms with Crippen LogP contribution in [-0.2, 0) is 6.42 Å². The molecule has 0 spiro atoms. The molecule has 0 aromatic heterocycles. The highest BCUT2D eigenvalue weighted by atomic mass is 15.1. The molecule has 2 rings (SSSR count).